The van der Waals surface area contributed by atoms with Crippen LogP contribution in [0.15, 0.2) is 36.7 Å². The Morgan fingerprint density at radius 3 is 2.94 bits per heavy atom. The molecular formula is C12H16N4. The first kappa shape index (κ1) is 10.8. The Morgan fingerprint density at radius 1 is 1.25 bits per heavy atom. The van der Waals surface area contributed by atoms with Gasteiger partial charge in [0, 0.05) is 37.7 Å². The van der Waals surface area contributed by atoms with Crippen LogP contribution in [-0.4, -0.2) is 14.8 Å². The topological polar surface area (TPSA) is 42.7 Å². The summed E-state index contributed by atoms with van der Waals surface area (Å²) in [6.45, 7) is 4.77. The summed E-state index contributed by atoms with van der Waals surface area (Å²) in [7, 11) is 0. The fourth-order valence-corrected chi connectivity index (χ4v) is 1.66. The van der Waals surface area contributed by atoms with Crippen LogP contribution in [0.5, 0.6) is 0 Å². The number of nitrogens with zero attached hydrogens (tertiary/aromatic N) is 3. The molecule has 84 valence electrons. The van der Waals surface area contributed by atoms with Crippen LogP contribution < -0.4 is 5.32 Å². The van der Waals surface area contributed by atoms with Crippen LogP contribution in [0.3, 0.4) is 0 Å². The van der Waals surface area contributed by atoms with Crippen molar-refractivity contribution < 1.29 is 0 Å². The minimum atomic E-state index is 0.753. The summed E-state index contributed by atoms with van der Waals surface area (Å²) in [4.78, 5) is 0. The van der Waals surface area contributed by atoms with Gasteiger partial charge in [-0.05, 0) is 31.2 Å². The van der Waals surface area contributed by atoms with Gasteiger partial charge in [-0.2, -0.15) is 10.2 Å². The van der Waals surface area contributed by atoms with Gasteiger partial charge in [0.2, 0.25) is 0 Å². The summed E-state index contributed by atoms with van der Waals surface area (Å²) >= 11 is 0. The van der Waals surface area contributed by atoms with Crippen molar-refractivity contribution in [2.24, 2.45) is 0 Å². The molecule has 0 saturated carbocycles. The Labute approximate surface area is 95.3 Å². The first-order valence-electron chi connectivity index (χ1n) is 5.51. The monoisotopic (exact) mass is 216 g/mol. The maximum atomic E-state index is 4.02. The van der Waals surface area contributed by atoms with Crippen LogP contribution in [0.4, 0.5) is 0 Å². The largest absolute Gasteiger partial charge is 0.351 e. The molecule has 2 heterocycles. The second kappa shape index (κ2) is 5.42. The average Bonchev–Trinajstić information content (AvgIpc) is 2.78. The van der Waals surface area contributed by atoms with Gasteiger partial charge in [-0.3, -0.25) is 0 Å². The van der Waals surface area contributed by atoms with Crippen LogP contribution in [0, 0.1) is 0 Å². The lowest BCUT2D eigenvalue weighted by molar-refractivity contribution is 0.618. The Bertz CT molecular complexity index is 422. The van der Waals surface area contributed by atoms with E-state index in [9.17, 15) is 0 Å². The van der Waals surface area contributed by atoms with Crippen molar-refractivity contribution in [3.8, 4) is 0 Å². The molecule has 0 aliphatic heterocycles. The molecule has 0 aliphatic rings. The molecule has 16 heavy (non-hydrogen) atoms. The van der Waals surface area contributed by atoms with E-state index in [4.69, 9.17) is 0 Å². The van der Waals surface area contributed by atoms with Crippen molar-refractivity contribution in [3.63, 3.8) is 0 Å². The minimum absolute atomic E-state index is 0.753. The van der Waals surface area contributed by atoms with Gasteiger partial charge in [-0.1, -0.05) is 0 Å². The molecule has 0 spiro atoms. The highest BCUT2D eigenvalue weighted by Crippen LogP contribution is 2.02. The minimum Gasteiger partial charge on any atom is -0.351 e. The molecule has 2 rings (SSSR count). The van der Waals surface area contributed by atoms with Gasteiger partial charge in [-0.25, -0.2) is 0 Å². The molecule has 0 amide bonds. The number of hydrogen-bond acceptors (Lipinski definition) is 3. The number of nitrogens with one attached hydrogen (secondary N) is 1. The first-order chi connectivity index (χ1) is 7.90. The molecule has 0 unspecified atom stereocenters. The molecule has 0 radical (unpaired) electrons. The van der Waals surface area contributed by atoms with Gasteiger partial charge >= 0.3 is 0 Å². The van der Waals surface area contributed by atoms with Crippen LogP contribution in [0.25, 0.3) is 0 Å². The van der Waals surface area contributed by atoms with E-state index in [1.165, 1.54) is 5.69 Å². The second-order valence-corrected chi connectivity index (χ2v) is 3.60. The number of aromatic nitrogens is 3. The van der Waals surface area contributed by atoms with E-state index >= 15 is 0 Å². The maximum absolute atomic E-state index is 4.02. The highest BCUT2D eigenvalue weighted by atomic mass is 15.1. The summed E-state index contributed by atoms with van der Waals surface area (Å²) in [6, 6.07) is 8.08. The Morgan fingerprint density at radius 2 is 2.19 bits per heavy atom. The lowest BCUT2D eigenvalue weighted by Crippen LogP contribution is -2.16. The van der Waals surface area contributed by atoms with E-state index in [0.29, 0.717) is 0 Å². The second-order valence-electron chi connectivity index (χ2n) is 3.60. The standard InChI is InChI=1S/C12H16N4/c1-2-16-8-4-6-12(16)10-13-9-11-5-3-7-14-15-11/h3-8,13H,2,9-10H2,1H3. The first-order valence-corrected chi connectivity index (χ1v) is 5.51. The zero-order chi connectivity index (χ0) is 11.2. The number of rotatable bonds is 5. The van der Waals surface area contributed by atoms with Gasteiger partial charge < -0.3 is 9.88 Å². The SMILES string of the molecule is CCn1cccc1CNCc1cccnn1. The van der Waals surface area contributed by atoms with Crippen molar-refractivity contribution in [3.05, 3.63) is 48.0 Å². The fourth-order valence-electron chi connectivity index (χ4n) is 1.66. The molecule has 4 nitrogen and oxygen atoms in total. The summed E-state index contributed by atoms with van der Waals surface area (Å²) < 4.78 is 2.23. The third kappa shape index (κ3) is 2.67. The predicted molar refractivity (Wildman–Crippen MR) is 62.7 cm³/mol. The summed E-state index contributed by atoms with van der Waals surface area (Å²) in [5, 5.41) is 11.2. The summed E-state index contributed by atoms with van der Waals surface area (Å²) in [6.07, 6.45) is 3.78. The van der Waals surface area contributed by atoms with E-state index in [1.807, 2.05) is 12.1 Å². The molecule has 0 saturated heterocycles. The third-order valence-corrected chi connectivity index (χ3v) is 2.50. The third-order valence-electron chi connectivity index (χ3n) is 2.50. The predicted octanol–water partition coefficient (Wildman–Crippen LogP) is 1.59. The number of aryl methyl sites for hydroxylation is 1. The van der Waals surface area contributed by atoms with Gasteiger partial charge in [0.1, 0.15) is 0 Å². The average molecular weight is 216 g/mol. The van der Waals surface area contributed by atoms with E-state index in [-0.39, 0.29) is 0 Å². The summed E-state index contributed by atoms with van der Waals surface area (Å²) in [5.74, 6) is 0. The summed E-state index contributed by atoms with van der Waals surface area (Å²) in [5.41, 5.74) is 2.27. The molecule has 2 aromatic rings. The van der Waals surface area contributed by atoms with Crippen molar-refractivity contribution >= 4 is 0 Å². The van der Waals surface area contributed by atoms with Gasteiger partial charge in [0.25, 0.3) is 0 Å². The Balaban J connectivity index is 1.85. The molecule has 0 fully saturated rings. The van der Waals surface area contributed by atoms with Crippen LogP contribution >= 0.6 is 0 Å². The molecule has 1 N–H and O–H groups in total. The molecule has 2 aromatic heterocycles. The lowest BCUT2D eigenvalue weighted by Gasteiger charge is -2.07. The normalized spacial score (nSPS) is 10.6. The number of hydrogen-bond donors (Lipinski definition) is 1. The smallest absolute Gasteiger partial charge is 0.0769 e. The maximum Gasteiger partial charge on any atom is 0.0769 e. The lowest BCUT2D eigenvalue weighted by atomic mass is 10.3. The molecule has 0 aromatic carbocycles. The van der Waals surface area contributed by atoms with E-state index in [2.05, 4.69) is 45.3 Å². The Kier molecular flexibility index (Phi) is 3.66. The molecule has 4 heteroatoms. The zero-order valence-corrected chi connectivity index (χ0v) is 9.43. The molecule has 0 atom stereocenters. The van der Waals surface area contributed by atoms with Gasteiger partial charge in [-0.15, -0.1) is 0 Å². The van der Waals surface area contributed by atoms with E-state index in [0.717, 1.165) is 25.3 Å². The van der Waals surface area contributed by atoms with Crippen LogP contribution in [-0.2, 0) is 19.6 Å². The van der Waals surface area contributed by atoms with Crippen molar-refractivity contribution in [1.82, 2.24) is 20.1 Å². The fraction of sp³-hybridized carbons (Fsp3) is 0.333. The van der Waals surface area contributed by atoms with Crippen molar-refractivity contribution in [1.29, 1.82) is 0 Å². The quantitative estimate of drug-likeness (QED) is 0.825. The van der Waals surface area contributed by atoms with E-state index < -0.39 is 0 Å². The molecule has 0 aliphatic carbocycles. The highest BCUT2D eigenvalue weighted by molar-refractivity contribution is 5.07. The zero-order valence-electron chi connectivity index (χ0n) is 9.43. The van der Waals surface area contributed by atoms with Crippen LogP contribution in [0.1, 0.15) is 18.3 Å². The molecule has 0 bridgehead atoms. The highest BCUT2D eigenvalue weighted by Gasteiger charge is 1.99. The van der Waals surface area contributed by atoms with E-state index in [1.54, 1.807) is 6.20 Å². The Hall–Kier alpha value is -1.68. The van der Waals surface area contributed by atoms with Crippen molar-refractivity contribution in [2.45, 2.75) is 26.6 Å². The molecular weight excluding hydrogens is 200 g/mol. The van der Waals surface area contributed by atoms with Crippen LogP contribution in [0.2, 0.25) is 0 Å². The van der Waals surface area contributed by atoms with Crippen molar-refractivity contribution in [2.75, 3.05) is 0 Å². The van der Waals surface area contributed by atoms with Gasteiger partial charge in [0.05, 0.1) is 5.69 Å². The van der Waals surface area contributed by atoms with Gasteiger partial charge in [0.15, 0.2) is 0 Å².